The summed E-state index contributed by atoms with van der Waals surface area (Å²) in [5, 5.41) is 8.28. The number of aliphatic carboxylic acids is 1. The van der Waals surface area contributed by atoms with Crippen LogP contribution >= 0.6 is 7.37 Å². The predicted octanol–water partition coefficient (Wildman–Crippen LogP) is -1.33. The maximum absolute atomic E-state index is 10.6. The Morgan fingerprint density at radius 2 is 1.86 bits per heavy atom. The van der Waals surface area contributed by atoms with Crippen LogP contribution in [0.4, 0.5) is 0 Å². The van der Waals surface area contributed by atoms with Gasteiger partial charge in [-0.25, -0.2) is 0 Å². The molecule has 2 unspecified atom stereocenters. The molecule has 0 fully saturated rings. The first-order valence-corrected chi connectivity index (χ1v) is 5.73. The van der Waals surface area contributed by atoms with Gasteiger partial charge in [0, 0.05) is 12.8 Å². The van der Waals surface area contributed by atoms with Gasteiger partial charge in [0.1, 0.15) is 6.04 Å². The predicted molar refractivity (Wildman–Crippen MR) is 54.2 cm³/mol. The molecule has 0 amide bonds. The second kappa shape index (κ2) is 9.07. The lowest BCUT2D eigenvalue weighted by Gasteiger charge is -2.07. The molecule has 0 aromatic heterocycles. The molecule has 0 aliphatic carbocycles. The van der Waals surface area contributed by atoms with Crippen molar-refractivity contribution in [2.24, 2.45) is 17.4 Å². The molecule has 0 aliphatic rings. The van der Waals surface area contributed by atoms with Crippen LogP contribution in [0.5, 0.6) is 0 Å². The highest BCUT2D eigenvalue weighted by Crippen LogP contribution is 2.35. The molecule has 2 atom stereocenters. The van der Waals surface area contributed by atoms with Crippen LogP contribution < -0.4 is 23.6 Å². The Hall–Kier alpha value is -0.500. The summed E-state index contributed by atoms with van der Waals surface area (Å²) in [6, 6.07) is -1.03. The first-order chi connectivity index (χ1) is 5.83. The smallest absolute Gasteiger partial charge is 0.320 e. The molecular weight excluding hydrogens is 211 g/mol. The lowest BCUT2D eigenvalue weighted by molar-refractivity contribution is -0.138. The summed E-state index contributed by atoms with van der Waals surface area (Å²) < 4.78 is 10.6. The Kier molecular flexibility index (Phi) is 12.4. The number of hydrazine groups is 1. The van der Waals surface area contributed by atoms with E-state index >= 15 is 0 Å². The van der Waals surface area contributed by atoms with Crippen molar-refractivity contribution in [3.05, 3.63) is 0 Å². The summed E-state index contributed by atoms with van der Waals surface area (Å²) in [6.07, 6.45) is 0.0000772. The van der Waals surface area contributed by atoms with Gasteiger partial charge in [-0.3, -0.25) is 21.0 Å². The average Bonchev–Trinajstić information content (AvgIpc) is 2.02. The van der Waals surface area contributed by atoms with Crippen LogP contribution in [0.15, 0.2) is 0 Å². The molecule has 0 bridgehead atoms. The highest BCUT2D eigenvalue weighted by molar-refractivity contribution is 7.57. The van der Waals surface area contributed by atoms with Crippen LogP contribution in [0.25, 0.3) is 0 Å². The van der Waals surface area contributed by atoms with E-state index in [0.717, 1.165) is 0 Å². The minimum atomic E-state index is -3.10. The minimum Gasteiger partial charge on any atom is -0.480 e. The van der Waals surface area contributed by atoms with E-state index in [-0.39, 0.29) is 18.7 Å². The summed E-state index contributed by atoms with van der Waals surface area (Å²) in [5.74, 6) is 6.86. The molecule has 14 heavy (non-hydrogen) atoms. The van der Waals surface area contributed by atoms with Gasteiger partial charge in [-0.05, 0) is 6.42 Å². The summed E-state index contributed by atoms with van der Waals surface area (Å²) in [5.41, 5.74) is 5.09. The molecule has 88 valence electrons. The normalized spacial score (nSPS) is 15.2. The Morgan fingerprint density at radius 3 is 2.07 bits per heavy atom. The van der Waals surface area contributed by atoms with E-state index in [1.54, 1.807) is 0 Å². The zero-order valence-corrected chi connectivity index (χ0v) is 8.98. The highest BCUT2D eigenvalue weighted by Gasteiger charge is 2.16. The van der Waals surface area contributed by atoms with Crippen LogP contribution in [0.2, 0.25) is 0 Å². The molecule has 0 saturated heterocycles. The lowest BCUT2D eigenvalue weighted by atomic mass is 10.2. The highest BCUT2D eigenvalue weighted by atomic mass is 31.2. The first-order valence-electron chi connectivity index (χ1n) is 3.44. The monoisotopic (exact) mass is 230 g/mol. The molecule has 9 heteroatoms. The molecular formula is C5H19N4O4P. The summed E-state index contributed by atoms with van der Waals surface area (Å²) in [7, 11) is -3.10. The van der Waals surface area contributed by atoms with Gasteiger partial charge in [0.25, 0.3) is 0 Å². The van der Waals surface area contributed by atoms with Gasteiger partial charge in [0.05, 0.1) is 0 Å². The topological polar surface area (TPSA) is 188 Å². The van der Waals surface area contributed by atoms with Crippen LogP contribution in [0, 0.1) is 0 Å². The molecule has 0 aliphatic heterocycles. The Bertz CT molecular complexity index is 194. The van der Waals surface area contributed by atoms with Crippen LogP contribution in [0.1, 0.15) is 6.42 Å². The molecule has 0 aromatic rings. The zero-order chi connectivity index (χ0) is 11.1. The summed E-state index contributed by atoms with van der Waals surface area (Å²) in [4.78, 5) is 18.9. The zero-order valence-electron chi connectivity index (χ0n) is 8.09. The molecule has 0 rings (SSSR count). The first kappa shape index (κ1) is 19.1. The third-order valence-electron chi connectivity index (χ3n) is 1.17. The number of nitrogens with two attached hydrogens (primary N) is 3. The lowest BCUT2D eigenvalue weighted by Crippen LogP contribution is -2.30. The van der Waals surface area contributed by atoms with Crippen molar-refractivity contribution in [3.63, 3.8) is 0 Å². The molecule has 8 nitrogen and oxygen atoms in total. The Labute approximate surface area is 82.5 Å². The van der Waals surface area contributed by atoms with Crippen molar-refractivity contribution in [2.75, 3.05) is 12.8 Å². The number of hydrogen-bond donors (Lipinski definition) is 6. The maximum atomic E-state index is 10.6. The summed E-state index contributed by atoms with van der Waals surface area (Å²) >= 11 is 0. The van der Waals surface area contributed by atoms with Crippen LogP contribution in [-0.4, -0.2) is 34.8 Å². The molecule has 11 N–H and O–H groups in total. The second-order valence-corrected chi connectivity index (χ2v) is 5.06. The number of hydrogen-bond acceptors (Lipinski definition) is 6. The quantitative estimate of drug-likeness (QED) is 0.194. The van der Waals surface area contributed by atoms with Crippen molar-refractivity contribution < 1.29 is 19.4 Å². The summed E-state index contributed by atoms with van der Waals surface area (Å²) in [6.45, 7) is 1.18. The Balaban J connectivity index is -0.000000376. The van der Waals surface area contributed by atoms with Crippen LogP contribution in [-0.2, 0) is 9.36 Å². The van der Waals surface area contributed by atoms with E-state index in [2.05, 4.69) is 11.7 Å². The molecule has 0 saturated carbocycles. The number of carbonyl (C=O) groups is 1. The third-order valence-corrected chi connectivity index (χ3v) is 2.26. The molecule has 0 heterocycles. The van der Waals surface area contributed by atoms with E-state index in [0.29, 0.717) is 0 Å². The number of carboxylic acids is 1. The molecule has 0 aromatic carbocycles. The van der Waals surface area contributed by atoms with Crippen molar-refractivity contribution in [3.8, 4) is 0 Å². The van der Waals surface area contributed by atoms with Gasteiger partial charge in [0.2, 0.25) is 0 Å². The van der Waals surface area contributed by atoms with Gasteiger partial charge >= 0.3 is 5.97 Å². The number of rotatable bonds is 4. The third kappa shape index (κ3) is 14.0. The van der Waals surface area contributed by atoms with Crippen molar-refractivity contribution in [1.82, 2.24) is 6.15 Å². The minimum absolute atomic E-state index is 0. The SMILES string of the molecule is CP(=O)(O)CCC(N)C(=O)O.N.NN. The van der Waals surface area contributed by atoms with Gasteiger partial charge in [-0.2, -0.15) is 0 Å². The largest absolute Gasteiger partial charge is 0.480 e. The van der Waals surface area contributed by atoms with Crippen molar-refractivity contribution in [2.45, 2.75) is 12.5 Å². The van der Waals surface area contributed by atoms with Crippen LogP contribution in [0.3, 0.4) is 0 Å². The van der Waals surface area contributed by atoms with Crippen molar-refractivity contribution in [1.29, 1.82) is 0 Å². The second-order valence-electron chi connectivity index (χ2n) is 2.51. The Morgan fingerprint density at radius 1 is 1.50 bits per heavy atom. The fraction of sp³-hybridized carbons (Fsp3) is 0.800. The number of carboxylic acid groups (broad SMARTS) is 1. The van der Waals surface area contributed by atoms with Gasteiger partial charge < -0.3 is 21.9 Å². The fourth-order valence-electron chi connectivity index (χ4n) is 0.502. The van der Waals surface area contributed by atoms with E-state index < -0.39 is 19.4 Å². The van der Waals surface area contributed by atoms with Crippen molar-refractivity contribution >= 4 is 13.3 Å². The van der Waals surface area contributed by atoms with Gasteiger partial charge in [-0.1, -0.05) is 0 Å². The average molecular weight is 230 g/mol. The fourth-order valence-corrected chi connectivity index (χ4v) is 1.26. The van der Waals surface area contributed by atoms with E-state index in [4.69, 9.17) is 15.7 Å². The standard InChI is InChI=1S/C5H12NO4P.H4N2.H3N/c1-11(9,10)3-2-4(6)5(7)8;1-2;/h4H,2-3,6H2,1H3,(H,7,8)(H,9,10);1-2H2;1H3. The maximum Gasteiger partial charge on any atom is 0.320 e. The van der Waals surface area contributed by atoms with E-state index in [9.17, 15) is 9.36 Å². The molecule has 0 spiro atoms. The molecule has 0 radical (unpaired) electrons. The van der Waals surface area contributed by atoms with E-state index in [1.807, 2.05) is 0 Å². The van der Waals surface area contributed by atoms with E-state index in [1.165, 1.54) is 6.66 Å². The van der Waals surface area contributed by atoms with Gasteiger partial charge in [0.15, 0.2) is 7.37 Å². The van der Waals surface area contributed by atoms with Gasteiger partial charge in [-0.15, -0.1) is 0 Å².